The molecule has 61 heavy (non-hydrogen) atoms. The van der Waals surface area contributed by atoms with Crippen molar-refractivity contribution in [3.63, 3.8) is 0 Å². The summed E-state index contributed by atoms with van der Waals surface area (Å²) in [6.45, 7) is 4.73. The molecule has 1 aliphatic rings. The highest BCUT2D eigenvalue weighted by molar-refractivity contribution is 7.27. The summed E-state index contributed by atoms with van der Waals surface area (Å²) >= 11 is 3.66. The van der Waals surface area contributed by atoms with Gasteiger partial charge in [-0.2, -0.15) is 0 Å². The number of rotatable bonds is 6. The number of nitrogens with zero attached hydrogens (tertiary/aromatic N) is 4. The Balaban J connectivity index is 0.950. The Bertz CT molecular complexity index is 3440. The summed E-state index contributed by atoms with van der Waals surface area (Å²) in [4.78, 5) is 20.3. The molecule has 6 heteroatoms. The van der Waals surface area contributed by atoms with E-state index < -0.39 is 0 Å². The van der Waals surface area contributed by atoms with Gasteiger partial charge in [0.25, 0.3) is 0 Å². The third-order valence-corrected chi connectivity index (χ3v) is 14.5. The highest BCUT2D eigenvalue weighted by Crippen LogP contribution is 2.54. The smallest absolute Gasteiger partial charge is 0.164 e. The molecule has 0 spiro atoms. The Kier molecular flexibility index (Phi) is 8.21. The van der Waals surface area contributed by atoms with Crippen LogP contribution in [-0.2, 0) is 5.41 Å². The molecule has 0 fully saturated rings. The largest absolute Gasteiger partial charge is 0.236 e. The van der Waals surface area contributed by atoms with E-state index in [0.717, 1.165) is 38.3 Å². The number of benzene rings is 8. The molecule has 3 heterocycles. The molecule has 4 nitrogen and oxygen atoms in total. The van der Waals surface area contributed by atoms with Crippen molar-refractivity contribution < 1.29 is 0 Å². The van der Waals surface area contributed by atoms with Gasteiger partial charge >= 0.3 is 0 Å². The lowest BCUT2D eigenvalue weighted by molar-refractivity contribution is 0.665. The summed E-state index contributed by atoms with van der Waals surface area (Å²) in [5.74, 6) is 1.96. The van der Waals surface area contributed by atoms with E-state index in [0.29, 0.717) is 17.5 Å². The number of hydrogen-bond acceptors (Lipinski definition) is 6. The van der Waals surface area contributed by atoms with Crippen molar-refractivity contribution in [3.8, 4) is 78.1 Å². The average molecular weight is 817 g/mol. The van der Waals surface area contributed by atoms with E-state index in [1.807, 2.05) is 72.0 Å². The molecule has 1 aliphatic carbocycles. The van der Waals surface area contributed by atoms with Crippen LogP contribution in [0.3, 0.4) is 0 Å². The zero-order valence-corrected chi connectivity index (χ0v) is 35.1. The minimum absolute atomic E-state index is 0.212. The highest BCUT2D eigenvalue weighted by Gasteiger charge is 2.38. The van der Waals surface area contributed by atoms with Crippen molar-refractivity contribution in [3.05, 3.63) is 193 Å². The van der Waals surface area contributed by atoms with E-state index in [1.54, 1.807) is 11.3 Å². The molecular weight excluding hydrogens is 781 g/mol. The standard InChI is InChI=1S/C55H36N4S2/c1-55(2)45-32-37(27-28-41(45)42-29-30-46-48(47(42)55)56-54(60-46)35-19-10-5-11-20-35)40-24-14-26-44-43-25-13-23-39(49(43)61-50(40)44)36-21-12-22-38(31-36)53-58-51(33-15-6-3-7-16-33)57-52(59-53)34-17-8-4-9-18-34/h3-32H,1-2H3. The highest BCUT2D eigenvalue weighted by atomic mass is 32.1. The first kappa shape index (κ1) is 35.8. The van der Waals surface area contributed by atoms with E-state index in [2.05, 4.69) is 135 Å². The van der Waals surface area contributed by atoms with Gasteiger partial charge in [0.2, 0.25) is 0 Å². The van der Waals surface area contributed by atoms with Crippen molar-refractivity contribution in [2.45, 2.75) is 19.3 Å². The fourth-order valence-electron chi connectivity index (χ4n) is 9.19. The van der Waals surface area contributed by atoms with Crippen molar-refractivity contribution >= 4 is 53.1 Å². The third kappa shape index (κ3) is 5.86. The SMILES string of the molecule is CC1(C)c2cc(-c3cccc4c3sc3c(-c5cccc(-c6nc(-c7ccccc7)nc(-c7ccccc7)n6)c5)cccc34)ccc2-c2ccc3sc(-c4ccccc4)nc3c21. The van der Waals surface area contributed by atoms with E-state index in [9.17, 15) is 0 Å². The van der Waals surface area contributed by atoms with Crippen LogP contribution in [0.5, 0.6) is 0 Å². The van der Waals surface area contributed by atoms with Gasteiger partial charge in [-0.25, -0.2) is 19.9 Å². The molecule has 12 rings (SSSR count). The fourth-order valence-corrected chi connectivity index (χ4v) is 11.5. The van der Waals surface area contributed by atoms with Crippen molar-refractivity contribution in [1.29, 1.82) is 0 Å². The van der Waals surface area contributed by atoms with Crippen molar-refractivity contribution in [2.24, 2.45) is 0 Å². The number of thiazole rings is 1. The van der Waals surface area contributed by atoms with Crippen molar-refractivity contribution in [2.75, 3.05) is 0 Å². The van der Waals surface area contributed by atoms with Gasteiger partial charge in [-0.05, 0) is 62.7 Å². The van der Waals surface area contributed by atoms with Gasteiger partial charge in [0.05, 0.1) is 10.2 Å². The zero-order valence-electron chi connectivity index (χ0n) is 33.4. The molecule has 0 atom stereocenters. The fraction of sp³-hybridized carbons (Fsp3) is 0.0545. The van der Waals surface area contributed by atoms with Gasteiger partial charge in [-0.1, -0.05) is 178 Å². The van der Waals surface area contributed by atoms with Gasteiger partial charge in [-0.3, -0.25) is 0 Å². The van der Waals surface area contributed by atoms with E-state index in [-0.39, 0.29) is 5.41 Å². The lowest BCUT2D eigenvalue weighted by Crippen LogP contribution is -2.15. The van der Waals surface area contributed by atoms with E-state index in [1.165, 1.54) is 63.8 Å². The molecule has 0 aliphatic heterocycles. The van der Waals surface area contributed by atoms with Crippen molar-refractivity contribution in [1.82, 2.24) is 19.9 Å². The topological polar surface area (TPSA) is 51.6 Å². The Morgan fingerprint density at radius 2 is 0.885 bits per heavy atom. The maximum Gasteiger partial charge on any atom is 0.164 e. The quantitative estimate of drug-likeness (QED) is 0.168. The molecule has 0 bridgehead atoms. The first-order valence-electron chi connectivity index (χ1n) is 20.5. The average Bonchev–Trinajstić information content (AvgIpc) is 4.00. The number of aromatic nitrogens is 4. The van der Waals surface area contributed by atoms with Gasteiger partial charge in [0.1, 0.15) is 5.01 Å². The predicted octanol–water partition coefficient (Wildman–Crippen LogP) is 15.2. The van der Waals surface area contributed by atoms with E-state index in [4.69, 9.17) is 19.9 Å². The molecular formula is C55H36N4S2. The van der Waals surface area contributed by atoms with Crippen LogP contribution in [0, 0.1) is 0 Å². The summed E-state index contributed by atoms with van der Waals surface area (Å²) in [7, 11) is 0. The van der Waals surface area contributed by atoms with E-state index >= 15 is 0 Å². The van der Waals surface area contributed by atoms with Gasteiger partial charge < -0.3 is 0 Å². The number of hydrogen-bond donors (Lipinski definition) is 0. The van der Waals surface area contributed by atoms with Gasteiger partial charge in [-0.15, -0.1) is 22.7 Å². The molecule has 0 saturated heterocycles. The van der Waals surface area contributed by atoms with Gasteiger partial charge in [0.15, 0.2) is 17.5 Å². The summed E-state index contributed by atoms with van der Waals surface area (Å²) in [5.41, 5.74) is 15.0. The summed E-state index contributed by atoms with van der Waals surface area (Å²) < 4.78 is 3.79. The normalized spacial score (nSPS) is 12.9. The maximum atomic E-state index is 5.28. The zero-order chi connectivity index (χ0) is 40.7. The second kappa shape index (κ2) is 14.0. The molecule has 0 radical (unpaired) electrons. The molecule has 0 saturated carbocycles. The minimum Gasteiger partial charge on any atom is -0.236 e. The summed E-state index contributed by atoms with van der Waals surface area (Å²) in [6, 6.07) is 64.6. The Labute approximate surface area is 361 Å². The Morgan fingerprint density at radius 3 is 1.51 bits per heavy atom. The summed E-state index contributed by atoms with van der Waals surface area (Å²) in [5, 5.41) is 3.60. The number of fused-ring (bicyclic) bond motifs is 8. The second-order valence-corrected chi connectivity index (χ2v) is 18.2. The first-order chi connectivity index (χ1) is 30.0. The molecule has 11 aromatic rings. The van der Waals surface area contributed by atoms with Crippen LogP contribution in [-0.4, -0.2) is 19.9 Å². The molecule has 0 unspecified atom stereocenters. The Hall–Kier alpha value is -7.12. The number of thiophene rings is 1. The second-order valence-electron chi connectivity index (χ2n) is 16.2. The summed E-state index contributed by atoms with van der Waals surface area (Å²) in [6.07, 6.45) is 0. The molecule has 8 aromatic carbocycles. The van der Waals surface area contributed by atoms with Crippen LogP contribution in [0.1, 0.15) is 25.0 Å². The van der Waals surface area contributed by atoms with Crippen LogP contribution < -0.4 is 0 Å². The van der Waals surface area contributed by atoms with Crippen LogP contribution in [0.2, 0.25) is 0 Å². The molecule has 288 valence electrons. The molecule has 3 aromatic heterocycles. The minimum atomic E-state index is -0.212. The maximum absolute atomic E-state index is 5.28. The lowest BCUT2D eigenvalue weighted by Gasteiger charge is -2.22. The molecule has 0 N–H and O–H groups in total. The first-order valence-corrected chi connectivity index (χ1v) is 22.2. The third-order valence-electron chi connectivity index (χ3n) is 12.2. The predicted molar refractivity (Wildman–Crippen MR) is 256 cm³/mol. The monoisotopic (exact) mass is 816 g/mol. The van der Waals surface area contributed by atoms with Crippen LogP contribution in [0.25, 0.3) is 109 Å². The van der Waals surface area contributed by atoms with Crippen LogP contribution in [0.15, 0.2) is 182 Å². The Morgan fingerprint density at radius 1 is 0.377 bits per heavy atom. The van der Waals surface area contributed by atoms with Crippen LogP contribution in [0.4, 0.5) is 0 Å². The van der Waals surface area contributed by atoms with Crippen LogP contribution >= 0.6 is 22.7 Å². The van der Waals surface area contributed by atoms with Gasteiger partial charge in [0, 0.05) is 47.8 Å². The molecule has 0 amide bonds. The lowest BCUT2D eigenvalue weighted by atomic mass is 9.81.